The fourth-order valence-electron chi connectivity index (χ4n) is 9.16. The molecule has 11 nitrogen and oxygen atoms in total. The Labute approximate surface area is 382 Å². The zero-order chi connectivity index (χ0) is 44.0. The first-order chi connectivity index (χ1) is 31.3. The minimum Gasteiger partial charge on any atom is -0.340 e. The van der Waals surface area contributed by atoms with E-state index < -0.39 is 6.04 Å². The van der Waals surface area contributed by atoms with E-state index >= 15 is 0 Å². The first-order valence-corrected chi connectivity index (χ1v) is 24.0. The third-order valence-electron chi connectivity index (χ3n) is 12.8. The molecule has 0 radical (unpaired) electrons. The molecule has 5 heterocycles. The highest BCUT2D eigenvalue weighted by atomic mass is 32.1. The second kappa shape index (κ2) is 19.8. The summed E-state index contributed by atoms with van der Waals surface area (Å²) in [7, 11) is 0. The van der Waals surface area contributed by atoms with Gasteiger partial charge in [-0.3, -0.25) is 24.1 Å². The van der Waals surface area contributed by atoms with Crippen molar-refractivity contribution in [2.75, 3.05) is 45.8 Å². The maximum absolute atomic E-state index is 14.4. The third kappa shape index (κ3) is 9.86. The average Bonchev–Trinajstić information content (AvgIpc) is 4.19. The Morgan fingerprint density at radius 1 is 0.641 bits per heavy atom. The molecule has 0 bridgehead atoms. The fraction of sp³-hybridized carbons (Fsp3) is 0.333. The number of likely N-dealkylation sites (tertiary alicyclic amines) is 2. The summed E-state index contributed by atoms with van der Waals surface area (Å²) < 4.78 is 0. The van der Waals surface area contributed by atoms with E-state index in [1.165, 1.54) is 0 Å². The van der Waals surface area contributed by atoms with Crippen LogP contribution in [0, 0.1) is 0 Å². The van der Waals surface area contributed by atoms with E-state index in [-0.39, 0.29) is 42.1 Å². The molecule has 9 rings (SSSR count). The molecule has 3 aliphatic rings. The molecule has 1 N–H and O–H groups in total. The lowest BCUT2D eigenvalue weighted by Gasteiger charge is -2.34. The lowest BCUT2D eigenvalue weighted by Crippen LogP contribution is -2.49. The van der Waals surface area contributed by atoms with Crippen molar-refractivity contribution in [2.45, 2.75) is 63.6 Å². The van der Waals surface area contributed by atoms with Gasteiger partial charge in [-0.15, -0.1) is 22.7 Å². The molecule has 6 aromatic rings. The number of nitrogens with one attached hydrogen (secondary N) is 1. The normalized spacial score (nSPS) is 18.3. The fourth-order valence-corrected chi connectivity index (χ4v) is 11.3. The second-order valence-corrected chi connectivity index (χ2v) is 19.0. The summed E-state index contributed by atoms with van der Waals surface area (Å²) in [5.41, 5.74) is 6.20. The molecule has 13 heteroatoms. The van der Waals surface area contributed by atoms with E-state index in [0.29, 0.717) is 32.6 Å². The van der Waals surface area contributed by atoms with Crippen LogP contribution in [0.15, 0.2) is 122 Å². The summed E-state index contributed by atoms with van der Waals surface area (Å²) in [5, 5.41) is 4.97. The molecule has 0 unspecified atom stereocenters. The van der Waals surface area contributed by atoms with Crippen LogP contribution < -0.4 is 5.32 Å². The molecule has 328 valence electrons. The van der Waals surface area contributed by atoms with Crippen LogP contribution in [0.2, 0.25) is 0 Å². The Bertz CT molecular complexity index is 2550. The first kappa shape index (κ1) is 43.2. The van der Waals surface area contributed by atoms with Gasteiger partial charge in [-0.2, -0.15) is 0 Å². The largest absolute Gasteiger partial charge is 0.340 e. The smallest absolute Gasteiger partial charge is 0.250 e. The van der Waals surface area contributed by atoms with Crippen LogP contribution >= 0.6 is 22.7 Å². The van der Waals surface area contributed by atoms with Crippen LogP contribution in [0.1, 0.15) is 78.3 Å². The highest BCUT2D eigenvalue weighted by Gasteiger charge is 2.37. The number of carbonyl (C=O) groups is 4. The molecule has 3 aliphatic heterocycles. The molecule has 3 atom stereocenters. The minimum atomic E-state index is -0.797. The SMILES string of the molecule is CC(=O)N1CCN(CCC(=O)N[C@@H](C(=O)N2CCC[C@H]2c2ncc(-c3ccc(-c4ccc(-c5cnc([C@@H]6CCCN6C(=O)Cc6ccccc6)s5)cc4)cc3)s2)c2ccccc2)CC1. The van der Waals surface area contributed by atoms with Gasteiger partial charge in [-0.25, -0.2) is 9.97 Å². The van der Waals surface area contributed by atoms with E-state index in [9.17, 15) is 19.2 Å². The van der Waals surface area contributed by atoms with Gasteiger partial charge in [0.15, 0.2) is 0 Å². The van der Waals surface area contributed by atoms with Crippen LogP contribution in [0.5, 0.6) is 0 Å². The van der Waals surface area contributed by atoms with E-state index in [1.54, 1.807) is 29.6 Å². The predicted molar refractivity (Wildman–Crippen MR) is 252 cm³/mol. The zero-order valence-corrected chi connectivity index (χ0v) is 37.7. The van der Waals surface area contributed by atoms with Crippen molar-refractivity contribution < 1.29 is 19.2 Å². The van der Waals surface area contributed by atoms with Gasteiger partial charge in [0.1, 0.15) is 16.1 Å². The number of nitrogens with zero attached hydrogens (tertiary/aromatic N) is 6. The molecule has 4 aromatic carbocycles. The van der Waals surface area contributed by atoms with Crippen LogP contribution in [-0.4, -0.2) is 99.0 Å². The van der Waals surface area contributed by atoms with Crippen LogP contribution in [0.3, 0.4) is 0 Å². The Morgan fingerprint density at radius 3 is 1.72 bits per heavy atom. The summed E-state index contributed by atoms with van der Waals surface area (Å²) in [6.45, 7) is 6.33. The highest BCUT2D eigenvalue weighted by molar-refractivity contribution is 7.15. The Hall–Kier alpha value is -6.02. The minimum absolute atomic E-state index is 0.0258. The summed E-state index contributed by atoms with van der Waals surface area (Å²) in [5.74, 6) is -0.0516. The molecule has 3 saturated heterocycles. The number of piperazine rings is 1. The monoisotopic (exact) mass is 891 g/mol. The molecule has 2 aromatic heterocycles. The second-order valence-electron chi connectivity index (χ2n) is 16.9. The number of hydrogen-bond acceptors (Lipinski definition) is 9. The predicted octanol–water partition coefficient (Wildman–Crippen LogP) is 8.58. The molecule has 3 fully saturated rings. The summed E-state index contributed by atoms with van der Waals surface area (Å²) in [6, 6.07) is 35.6. The number of benzene rings is 4. The van der Waals surface area contributed by atoms with Crippen molar-refractivity contribution in [1.29, 1.82) is 0 Å². The number of thiazole rings is 2. The van der Waals surface area contributed by atoms with Crippen molar-refractivity contribution in [3.05, 3.63) is 143 Å². The highest BCUT2D eigenvalue weighted by Crippen LogP contribution is 2.40. The molecular weight excluding hydrogens is 839 g/mol. The van der Waals surface area contributed by atoms with Crippen molar-refractivity contribution in [1.82, 2.24) is 34.9 Å². The summed E-state index contributed by atoms with van der Waals surface area (Å²) in [4.78, 5) is 72.5. The molecular formula is C51H53N7O4S2. The van der Waals surface area contributed by atoms with Gasteiger partial charge in [0, 0.05) is 71.6 Å². The summed E-state index contributed by atoms with van der Waals surface area (Å²) in [6.07, 6.45) is 8.13. The molecule has 64 heavy (non-hydrogen) atoms. The van der Waals surface area contributed by atoms with E-state index in [1.807, 2.05) is 87.8 Å². The van der Waals surface area contributed by atoms with Crippen molar-refractivity contribution >= 4 is 46.3 Å². The summed E-state index contributed by atoms with van der Waals surface area (Å²) >= 11 is 3.29. The van der Waals surface area contributed by atoms with Crippen LogP contribution in [0.25, 0.3) is 32.0 Å². The third-order valence-corrected chi connectivity index (χ3v) is 15.0. The van der Waals surface area contributed by atoms with Crippen molar-refractivity contribution in [3.8, 4) is 32.0 Å². The van der Waals surface area contributed by atoms with E-state index in [2.05, 4.69) is 58.7 Å². The number of carbonyl (C=O) groups excluding carboxylic acids is 4. The Balaban J connectivity index is 0.822. The van der Waals surface area contributed by atoms with Gasteiger partial charge < -0.3 is 20.0 Å². The van der Waals surface area contributed by atoms with Gasteiger partial charge in [-0.1, -0.05) is 109 Å². The molecule has 4 amide bonds. The van der Waals surface area contributed by atoms with Gasteiger partial charge in [0.2, 0.25) is 23.6 Å². The number of rotatable bonds is 13. The molecule has 0 saturated carbocycles. The maximum Gasteiger partial charge on any atom is 0.250 e. The maximum atomic E-state index is 14.4. The molecule has 0 spiro atoms. The zero-order valence-electron chi connectivity index (χ0n) is 36.1. The number of hydrogen-bond donors (Lipinski definition) is 1. The Morgan fingerprint density at radius 2 is 1.16 bits per heavy atom. The van der Waals surface area contributed by atoms with Crippen LogP contribution in [-0.2, 0) is 25.6 Å². The van der Waals surface area contributed by atoms with Gasteiger partial charge in [-0.05, 0) is 59.1 Å². The standard InChI is InChI=1S/C51H53N7O4S2/c1-35(59)56-30-28-55(29-31-56)27-24-46(60)54-48(41-12-6-3-7-13-41)51(62)58-26-9-15-43(58)50-53-34-45(64-50)40-22-18-38(19-23-40)37-16-20-39(21-17-37)44-33-52-49(63-44)42-14-8-25-57(42)47(61)32-36-10-4-2-5-11-36/h2-7,10-13,16-23,33-34,42-43,48H,8-9,14-15,24-32H2,1H3,(H,54,60)/t42-,43-,48+/m0/s1. The number of aromatic nitrogens is 2. The van der Waals surface area contributed by atoms with Crippen molar-refractivity contribution in [2.24, 2.45) is 0 Å². The lowest BCUT2D eigenvalue weighted by molar-refractivity contribution is -0.137. The quantitative estimate of drug-likeness (QED) is 0.123. The lowest BCUT2D eigenvalue weighted by atomic mass is 10.0. The van der Waals surface area contributed by atoms with E-state index in [0.717, 1.165) is 98.5 Å². The van der Waals surface area contributed by atoms with Crippen LogP contribution in [0.4, 0.5) is 0 Å². The topological polar surface area (TPSA) is 119 Å². The number of amides is 4. The average molecular weight is 892 g/mol. The van der Waals surface area contributed by atoms with Gasteiger partial charge >= 0.3 is 0 Å². The Kier molecular flexibility index (Phi) is 13.4. The van der Waals surface area contributed by atoms with Gasteiger partial charge in [0.25, 0.3) is 0 Å². The van der Waals surface area contributed by atoms with Gasteiger partial charge in [0.05, 0.1) is 28.3 Å². The van der Waals surface area contributed by atoms with E-state index in [4.69, 9.17) is 9.97 Å². The van der Waals surface area contributed by atoms with Crippen molar-refractivity contribution in [3.63, 3.8) is 0 Å². The first-order valence-electron chi connectivity index (χ1n) is 22.4. The molecule has 0 aliphatic carbocycles.